The van der Waals surface area contributed by atoms with Crippen LogP contribution < -0.4 is 0 Å². The van der Waals surface area contributed by atoms with E-state index in [9.17, 15) is 0 Å². The molecular formula is C13H14N4S. The zero-order valence-corrected chi connectivity index (χ0v) is 11.0. The van der Waals surface area contributed by atoms with Crippen LogP contribution in [-0.2, 0) is 6.54 Å². The standard InChI is InChI=1S/C13H14N4S/c1-3-9-17-12(15-13(16-17)18-2)14-10-11-7-5-4-6-8-11/h3-8,10H,1,9H2,2H3/b14-10-. The molecule has 2 aromatic rings. The minimum Gasteiger partial charge on any atom is -0.225 e. The van der Waals surface area contributed by atoms with E-state index < -0.39 is 0 Å². The summed E-state index contributed by atoms with van der Waals surface area (Å²) in [7, 11) is 0. The molecule has 0 bridgehead atoms. The van der Waals surface area contributed by atoms with Gasteiger partial charge < -0.3 is 0 Å². The van der Waals surface area contributed by atoms with Crippen LogP contribution in [0.15, 0.2) is 53.1 Å². The Balaban J connectivity index is 2.24. The third kappa shape index (κ3) is 3.07. The van der Waals surface area contributed by atoms with Crippen LogP contribution in [0, 0.1) is 0 Å². The van der Waals surface area contributed by atoms with E-state index in [4.69, 9.17) is 0 Å². The van der Waals surface area contributed by atoms with Gasteiger partial charge in [-0.3, -0.25) is 0 Å². The Kier molecular flexibility index (Phi) is 4.30. The minimum absolute atomic E-state index is 0.600. The molecule has 0 amide bonds. The molecular weight excluding hydrogens is 244 g/mol. The first-order valence-electron chi connectivity index (χ1n) is 5.52. The average molecular weight is 258 g/mol. The van der Waals surface area contributed by atoms with Gasteiger partial charge in [0, 0.05) is 6.21 Å². The van der Waals surface area contributed by atoms with E-state index in [2.05, 4.69) is 21.7 Å². The molecule has 1 aromatic heterocycles. The highest BCUT2D eigenvalue weighted by Gasteiger charge is 2.06. The molecule has 1 heterocycles. The van der Waals surface area contributed by atoms with E-state index in [1.807, 2.05) is 36.6 Å². The summed E-state index contributed by atoms with van der Waals surface area (Å²) in [6, 6.07) is 9.91. The molecule has 1 aromatic carbocycles. The summed E-state index contributed by atoms with van der Waals surface area (Å²) in [6.07, 6.45) is 5.51. The largest absolute Gasteiger partial charge is 0.249 e. The summed E-state index contributed by atoms with van der Waals surface area (Å²) in [5, 5.41) is 5.03. The van der Waals surface area contributed by atoms with E-state index in [0.717, 1.165) is 10.7 Å². The molecule has 0 aliphatic heterocycles. The topological polar surface area (TPSA) is 43.1 Å². The predicted molar refractivity (Wildman–Crippen MR) is 75.7 cm³/mol. The fraction of sp³-hybridized carbons (Fsp3) is 0.154. The van der Waals surface area contributed by atoms with Gasteiger partial charge in [-0.1, -0.05) is 48.2 Å². The zero-order valence-electron chi connectivity index (χ0n) is 10.2. The van der Waals surface area contributed by atoms with Gasteiger partial charge in [0.05, 0.1) is 6.54 Å². The molecule has 0 saturated carbocycles. The lowest BCUT2D eigenvalue weighted by molar-refractivity contribution is 0.684. The Bertz CT molecular complexity index is 545. The number of benzene rings is 1. The van der Waals surface area contributed by atoms with Gasteiger partial charge in [0.25, 0.3) is 0 Å². The van der Waals surface area contributed by atoms with Crippen molar-refractivity contribution in [2.45, 2.75) is 11.7 Å². The molecule has 18 heavy (non-hydrogen) atoms. The van der Waals surface area contributed by atoms with Gasteiger partial charge in [0.1, 0.15) is 0 Å². The SMILES string of the molecule is C=CCn1nc(SC)nc1/N=C\c1ccccc1. The number of rotatable bonds is 5. The maximum Gasteiger partial charge on any atom is 0.249 e. The number of allylic oxidation sites excluding steroid dienone is 1. The Hall–Kier alpha value is -1.88. The van der Waals surface area contributed by atoms with Crippen molar-refractivity contribution in [1.82, 2.24) is 14.8 Å². The quantitative estimate of drug-likeness (QED) is 0.470. The molecule has 92 valence electrons. The van der Waals surface area contributed by atoms with E-state index >= 15 is 0 Å². The number of hydrogen-bond donors (Lipinski definition) is 0. The van der Waals surface area contributed by atoms with Crippen molar-refractivity contribution < 1.29 is 0 Å². The van der Waals surface area contributed by atoms with Crippen LogP contribution in [-0.4, -0.2) is 27.2 Å². The Morgan fingerprint density at radius 1 is 1.39 bits per heavy atom. The predicted octanol–water partition coefficient (Wildman–Crippen LogP) is 2.94. The molecule has 5 heteroatoms. The lowest BCUT2D eigenvalue weighted by Gasteiger charge is -1.96. The van der Waals surface area contributed by atoms with Crippen LogP contribution in [0.3, 0.4) is 0 Å². The number of thioether (sulfide) groups is 1. The van der Waals surface area contributed by atoms with Crippen molar-refractivity contribution in [1.29, 1.82) is 0 Å². The third-order valence-corrected chi connectivity index (χ3v) is 2.78. The molecule has 0 atom stereocenters. The van der Waals surface area contributed by atoms with Crippen LogP contribution in [0.4, 0.5) is 5.95 Å². The second kappa shape index (κ2) is 6.16. The first kappa shape index (κ1) is 12.6. The van der Waals surface area contributed by atoms with E-state index in [0.29, 0.717) is 12.5 Å². The van der Waals surface area contributed by atoms with Gasteiger partial charge in [-0.15, -0.1) is 11.7 Å². The second-order valence-electron chi connectivity index (χ2n) is 3.54. The average Bonchev–Trinajstić information content (AvgIpc) is 2.81. The first-order chi connectivity index (χ1) is 8.83. The summed E-state index contributed by atoms with van der Waals surface area (Å²) in [4.78, 5) is 8.70. The molecule has 0 saturated heterocycles. The molecule has 0 aliphatic carbocycles. The Labute approximate surface area is 110 Å². The second-order valence-corrected chi connectivity index (χ2v) is 4.31. The molecule has 2 rings (SSSR count). The van der Waals surface area contributed by atoms with Gasteiger partial charge >= 0.3 is 0 Å². The van der Waals surface area contributed by atoms with Crippen molar-refractivity contribution in [3.8, 4) is 0 Å². The molecule has 0 spiro atoms. The molecule has 0 aliphatic rings. The molecule has 0 unspecified atom stereocenters. The highest BCUT2D eigenvalue weighted by Crippen LogP contribution is 2.15. The van der Waals surface area contributed by atoms with Crippen molar-refractivity contribution in [3.63, 3.8) is 0 Å². The van der Waals surface area contributed by atoms with Crippen molar-refractivity contribution in [2.75, 3.05) is 6.26 Å². The smallest absolute Gasteiger partial charge is 0.225 e. The Morgan fingerprint density at radius 3 is 2.83 bits per heavy atom. The van der Waals surface area contributed by atoms with Crippen LogP contribution in [0.25, 0.3) is 0 Å². The molecule has 0 fully saturated rings. The summed E-state index contributed by atoms with van der Waals surface area (Å²) in [5.74, 6) is 0.600. The van der Waals surface area contributed by atoms with Gasteiger partial charge in [0.2, 0.25) is 11.1 Å². The fourth-order valence-corrected chi connectivity index (χ4v) is 1.76. The fourth-order valence-electron chi connectivity index (χ4n) is 1.41. The van der Waals surface area contributed by atoms with Crippen LogP contribution in [0.1, 0.15) is 5.56 Å². The molecule has 0 radical (unpaired) electrons. The Morgan fingerprint density at radius 2 is 2.17 bits per heavy atom. The summed E-state index contributed by atoms with van der Waals surface area (Å²) < 4.78 is 1.73. The summed E-state index contributed by atoms with van der Waals surface area (Å²) in [6.45, 7) is 4.31. The van der Waals surface area contributed by atoms with Crippen LogP contribution in [0.2, 0.25) is 0 Å². The van der Waals surface area contributed by atoms with Crippen molar-refractivity contribution >= 4 is 23.9 Å². The lowest BCUT2D eigenvalue weighted by Crippen LogP contribution is -1.97. The summed E-state index contributed by atoms with van der Waals surface area (Å²) >= 11 is 1.50. The van der Waals surface area contributed by atoms with E-state index in [-0.39, 0.29) is 0 Å². The highest BCUT2D eigenvalue weighted by molar-refractivity contribution is 7.98. The third-order valence-electron chi connectivity index (χ3n) is 2.25. The number of aromatic nitrogens is 3. The van der Waals surface area contributed by atoms with Gasteiger partial charge in [-0.25, -0.2) is 9.67 Å². The van der Waals surface area contributed by atoms with E-state index in [1.165, 1.54) is 11.8 Å². The number of aliphatic imine (C=N–C) groups is 1. The van der Waals surface area contributed by atoms with Crippen LogP contribution in [0.5, 0.6) is 0 Å². The first-order valence-corrected chi connectivity index (χ1v) is 6.75. The minimum atomic E-state index is 0.600. The lowest BCUT2D eigenvalue weighted by atomic mass is 10.2. The normalized spacial score (nSPS) is 10.9. The van der Waals surface area contributed by atoms with Crippen LogP contribution >= 0.6 is 11.8 Å². The number of nitrogens with zero attached hydrogens (tertiary/aromatic N) is 4. The maximum atomic E-state index is 4.37. The maximum absolute atomic E-state index is 4.37. The van der Waals surface area contributed by atoms with Gasteiger partial charge in [-0.05, 0) is 11.8 Å². The van der Waals surface area contributed by atoms with Crippen molar-refractivity contribution in [2.24, 2.45) is 4.99 Å². The van der Waals surface area contributed by atoms with Gasteiger partial charge in [0.15, 0.2) is 0 Å². The zero-order chi connectivity index (χ0) is 12.8. The number of hydrogen-bond acceptors (Lipinski definition) is 4. The highest BCUT2D eigenvalue weighted by atomic mass is 32.2. The molecule has 0 N–H and O–H groups in total. The van der Waals surface area contributed by atoms with E-state index in [1.54, 1.807) is 17.0 Å². The molecule has 4 nitrogen and oxygen atoms in total. The summed E-state index contributed by atoms with van der Waals surface area (Å²) in [5.41, 5.74) is 1.04. The van der Waals surface area contributed by atoms with Crippen molar-refractivity contribution in [3.05, 3.63) is 48.6 Å². The van der Waals surface area contributed by atoms with Gasteiger partial charge in [-0.2, -0.15) is 4.98 Å². The monoisotopic (exact) mass is 258 g/mol.